The summed E-state index contributed by atoms with van der Waals surface area (Å²) in [7, 11) is 0. The summed E-state index contributed by atoms with van der Waals surface area (Å²) in [6.07, 6.45) is 0. The van der Waals surface area contributed by atoms with Gasteiger partial charge in [0.1, 0.15) is 10.6 Å². The van der Waals surface area contributed by atoms with Crippen LogP contribution >= 0.6 is 11.3 Å². The summed E-state index contributed by atoms with van der Waals surface area (Å²) < 4.78 is 0.941. The summed E-state index contributed by atoms with van der Waals surface area (Å²) in [5, 5.41) is 10.9. The van der Waals surface area contributed by atoms with Crippen molar-refractivity contribution in [3.63, 3.8) is 0 Å². The lowest BCUT2D eigenvalue weighted by atomic mass is 10.1. The Morgan fingerprint density at radius 1 is 1.11 bits per heavy atom. The van der Waals surface area contributed by atoms with Gasteiger partial charge in [-0.25, -0.2) is 0 Å². The molecule has 0 aliphatic rings. The first kappa shape index (κ1) is 11.9. The second-order valence-corrected chi connectivity index (χ2v) is 5.53. The largest absolute Gasteiger partial charge is 0.506 e. The molecule has 0 atom stereocenters. The number of aryl methyl sites for hydroxylation is 1. The number of carbonyl (C=O) groups excluding carboxylic acids is 1. The molecule has 0 saturated carbocycles. The molecule has 0 aliphatic heterocycles. The van der Waals surface area contributed by atoms with E-state index >= 15 is 0 Å². The molecule has 1 aromatic heterocycles. The monoisotopic (exact) mass is 268 g/mol. The van der Waals surface area contributed by atoms with E-state index in [1.54, 1.807) is 12.1 Å². The molecule has 0 saturated heterocycles. The SMILES string of the molecule is Cc1ccc2c(O)c(C(=O)c3ccccc3)sc2c1. The third kappa shape index (κ3) is 2.02. The second-order valence-electron chi connectivity index (χ2n) is 4.47. The first-order valence-electron chi connectivity index (χ1n) is 5.98. The van der Waals surface area contributed by atoms with Crippen molar-refractivity contribution in [1.29, 1.82) is 0 Å². The Hall–Kier alpha value is -2.13. The quantitative estimate of drug-likeness (QED) is 0.709. The lowest BCUT2D eigenvalue weighted by molar-refractivity contribution is 0.104. The normalized spacial score (nSPS) is 10.8. The Balaban J connectivity index is 2.16. The van der Waals surface area contributed by atoms with E-state index in [2.05, 4.69) is 0 Å². The molecule has 0 spiro atoms. The molecule has 1 heterocycles. The third-order valence-corrected chi connectivity index (χ3v) is 4.20. The fraction of sp³-hybridized carbons (Fsp3) is 0.0625. The highest BCUT2D eigenvalue weighted by molar-refractivity contribution is 7.21. The summed E-state index contributed by atoms with van der Waals surface area (Å²) >= 11 is 1.34. The van der Waals surface area contributed by atoms with Crippen molar-refractivity contribution >= 4 is 27.2 Å². The molecular weight excluding hydrogens is 256 g/mol. The number of rotatable bonds is 2. The van der Waals surface area contributed by atoms with Crippen molar-refractivity contribution in [3.8, 4) is 5.75 Å². The Morgan fingerprint density at radius 2 is 1.84 bits per heavy atom. The highest BCUT2D eigenvalue weighted by atomic mass is 32.1. The maximum Gasteiger partial charge on any atom is 0.206 e. The average molecular weight is 268 g/mol. The van der Waals surface area contributed by atoms with E-state index in [0.717, 1.165) is 15.6 Å². The van der Waals surface area contributed by atoms with E-state index in [1.807, 2.05) is 43.3 Å². The van der Waals surface area contributed by atoms with Crippen molar-refractivity contribution in [3.05, 3.63) is 64.5 Å². The molecule has 0 bridgehead atoms. The van der Waals surface area contributed by atoms with Crippen molar-refractivity contribution in [2.75, 3.05) is 0 Å². The molecule has 3 heteroatoms. The molecule has 19 heavy (non-hydrogen) atoms. The van der Waals surface area contributed by atoms with E-state index < -0.39 is 0 Å². The highest BCUT2D eigenvalue weighted by Crippen LogP contribution is 2.38. The van der Waals surface area contributed by atoms with E-state index in [1.165, 1.54) is 11.3 Å². The van der Waals surface area contributed by atoms with Gasteiger partial charge in [-0.2, -0.15) is 0 Å². The number of hydrogen-bond donors (Lipinski definition) is 1. The predicted molar refractivity (Wildman–Crippen MR) is 78.1 cm³/mol. The minimum Gasteiger partial charge on any atom is -0.506 e. The van der Waals surface area contributed by atoms with Gasteiger partial charge in [0, 0.05) is 15.6 Å². The Morgan fingerprint density at radius 3 is 2.58 bits per heavy atom. The van der Waals surface area contributed by atoms with Gasteiger partial charge in [-0.05, 0) is 24.6 Å². The van der Waals surface area contributed by atoms with E-state index in [4.69, 9.17) is 0 Å². The topological polar surface area (TPSA) is 37.3 Å². The molecule has 0 radical (unpaired) electrons. The van der Waals surface area contributed by atoms with Crippen LogP contribution in [-0.4, -0.2) is 10.9 Å². The zero-order valence-electron chi connectivity index (χ0n) is 10.4. The van der Waals surface area contributed by atoms with Crippen LogP contribution in [-0.2, 0) is 0 Å². The van der Waals surface area contributed by atoms with Crippen LogP contribution < -0.4 is 0 Å². The standard InChI is InChI=1S/C16H12O2S/c1-10-7-8-12-13(9-10)19-16(15(12)18)14(17)11-5-3-2-4-6-11/h2-9,18H,1H3. The lowest BCUT2D eigenvalue weighted by Crippen LogP contribution is -1.97. The number of hydrogen-bond acceptors (Lipinski definition) is 3. The van der Waals surface area contributed by atoms with Gasteiger partial charge < -0.3 is 5.11 Å². The van der Waals surface area contributed by atoms with Gasteiger partial charge in [-0.3, -0.25) is 4.79 Å². The molecule has 94 valence electrons. The molecule has 1 N–H and O–H groups in total. The predicted octanol–water partition coefficient (Wildman–Crippen LogP) is 4.15. The van der Waals surface area contributed by atoms with Crippen LogP contribution in [0.25, 0.3) is 10.1 Å². The minimum atomic E-state index is -0.128. The number of ketones is 1. The third-order valence-electron chi connectivity index (χ3n) is 3.06. The van der Waals surface area contributed by atoms with Crippen LogP contribution in [0.5, 0.6) is 5.75 Å². The van der Waals surface area contributed by atoms with Crippen molar-refractivity contribution < 1.29 is 9.90 Å². The first-order chi connectivity index (χ1) is 9.16. The Kier molecular flexibility index (Phi) is 2.84. The van der Waals surface area contributed by atoms with Crippen LogP contribution in [0.4, 0.5) is 0 Å². The van der Waals surface area contributed by atoms with Gasteiger partial charge >= 0.3 is 0 Å². The van der Waals surface area contributed by atoms with Gasteiger partial charge in [-0.15, -0.1) is 11.3 Å². The number of benzene rings is 2. The molecule has 0 aliphatic carbocycles. The molecule has 0 fully saturated rings. The van der Waals surface area contributed by atoms with Crippen molar-refractivity contribution in [2.24, 2.45) is 0 Å². The Labute approximate surface area is 114 Å². The smallest absolute Gasteiger partial charge is 0.206 e. The van der Waals surface area contributed by atoms with Gasteiger partial charge in [-0.1, -0.05) is 36.4 Å². The number of carbonyl (C=O) groups is 1. The van der Waals surface area contributed by atoms with E-state index in [0.29, 0.717) is 10.4 Å². The van der Waals surface area contributed by atoms with Crippen molar-refractivity contribution in [1.82, 2.24) is 0 Å². The molecule has 3 aromatic rings. The van der Waals surface area contributed by atoms with Crippen LogP contribution in [0, 0.1) is 6.92 Å². The summed E-state index contributed by atoms with van der Waals surface area (Å²) in [5.41, 5.74) is 1.72. The van der Waals surface area contributed by atoms with Gasteiger partial charge in [0.2, 0.25) is 5.78 Å². The number of aromatic hydroxyl groups is 1. The second kappa shape index (κ2) is 4.52. The van der Waals surface area contributed by atoms with E-state index in [-0.39, 0.29) is 11.5 Å². The minimum absolute atomic E-state index is 0.0915. The number of fused-ring (bicyclic) bond motifs is 1. The van der Waals surface area contributed by atoms with E-state index in [9.17, 15) is 9.90 Å². The average Bonchev–Trinajstić information content (AvgIpc) is 2.75. The number of thiophene rings is 1. The summed E-state index contributed by atoms with van der Waals surface area (Å²) in [6.45, 7) is 1.99. The molecule has 2 nitrogen and oxygen atoms in total. The lowest BCUT2D eigenvalue weighted by Gasteiger charge is -1.98. The first-order valence-corrected chi connectivity index (χ1v) is 6.80. The fourth-order valence-electron chi connectivity index (χ4n) is 2.06. The van der Waals surface area contributed by atoms with Gasteiger partial charge in [0.05, 0.1) is 0 Å². The fourth-order valence-corrected chi connectivity index (χ4v) is 3.22. The van der Waals surface area contributed by atoms with Crippen LogP contribution in [0.15, 0.2) is 48.5 Å². The van der Waals surface area contributed by atoms with Crippen LogP contribution in [0.2, 0.25) is 0 Å². The van der Waals surface area contributed by atoms with Gasteiger partial charge in [0.15, 0.2) is 0 Å². The van der Waals surface area contributed by atoms with Crippen molar-refractivity contribution in [2.45, 2.75) is 6.92 Å². The van der Waals surface area contributed by atoms with Gasteiger partial charge in [0.25, 0.3) is 0 Å². The van der Waals surface area contributed by atoms with Crippen LogP contribution in [0.1, 0.15) is 20.8 Å². The Bertz CT molecular complexity index is 757. The summed E-state index contributed by atoms with van der Waals surface area (Å²) in [5.74, 6) is -0.0363. The molecular formula is C16H12O2S. The maximum atomic E-state index is 12.4. The maximum absolute atomic E-state index is 12.4. The zero-order chi connectivity index (χ0) is 13.4. The molecule has 2 aromatic carbocycles. The molecule has 3 rings (SSSR count). The zero-order valence-corrected chi connectivity index (χ0v) is 11.2. The highest BCUT2D eigenvalue weighted by Gasteiger charge is 2.19. The molecule has 0 amide bonds. The molecule has 0 unspecified atom stereocenters. The summed E-state index contributed by atoms with van der Waals surface area (Å²) in [6, 6.07) is 14.8. The summed E-state index contributed by atoms with van der Waals surface area (Å²) in [4.78, 5) is 12.8. The van der Waals surface area contributed by atoms with Crippen LogP contribution in [0.3, 0.4) is 0 Å².